The van der Waals surface area contributed by atoms with E-state index in [1.165, 1.54) is 57.8 Å². The lowest BCUT2D eigenvalue weighted by molar-refractivity contribution is -0.0000140. The molecule has 0 amide bonds. The molecular weight excluding hydrogens is 232 g/mol. The maximum absolute atomic E-state index is 8.94. The lowest BCUT2D eigenvalue weighted by atomic mass is 9.82. The van der Waals surface area contributed by atoms with Crippen LogP contribution in [0.3, 0.4) is 0 Å². The van der Waals surface area contributed by atoms with E-state index in [0.29, 0.717) is 11.5 Å². The number of hydrogen-bond donors (Lipinski definition) is 0. The third-order valence-corrected chi connectivity index (χ3v) is 4.72. The zero-order chi connectivity index (χ0) is 14.1. The molecule has 2 heteroatoms. The van der Waals surface area contributed by atoms with Gasteiger partial charge in [0.1, 0.15) is 0 Å². The minimum atomic E-state index is 0.293. The van der Waals surface area contributed by atoms with Crippen molar-refractivity contribution < 1.29 is 0 Å². The van der Waals surface area contributed by atoms with Crippen LogP contribution in [-0.2, 0) is 0 Å². The summed E-state index contributed by atoms with van der Waals surface area (Å²) in [6.07, 6.45) is 12.0. The summed E-state index contributed by atoms with van der Waals surface area (Å²) in [5, 5.41) is 8.94. The van der Waals surface area contributed by atoms with E-state index in [9.17, 15) is 0 Å². The van der Waals surface area contributed by atoms with Crippen LogP contribution in [0.15, 0.2) is 0 Å². The summed E-state index contributed by atoms with van der Waals surface area (Å²) >= 11 is 0. The lowest BCUT2D eigenvalue weighted by Crippen LogP contribution is -2.58. The molecule has 19 heavy (non-hydrogen) atoms. The number of unbranched alkanes of at least 4 members (excludes halogenated alkanes) is 5. The number of likely N-dealkylation sites (tertiary alicyclic amines) is 1. The Kier molecular flexibility index (Phi) is 7.46. The van der Waals surface area contributed by atoms with Crippen LogP contribution < -0.4 is 0 Å². The maximum Gasteiger partial charge on any atom is 0.0717 e. The molecule has 1 atom stereocenters. The van der Waals surface area contributed by atoms with E-state index in [1.807, 2.05) is 0 Å². The van der Waals surface area contributed by atoms with Crippen molar-refractivity contribution in [2.24, 2.45) is 5.92 Å². The van der Waals surface area contributed by atoms with Gasteiger partial charge < -0.3 is 0 Å². The molecule has 1 rings (SSSR count). The Morgan fingerprint density at radius 2 is 1.58 bits per heavy atom. The lowest BCUT2D eigenvalue weighted by Gasteiger charge is -2.49. The molecular formula is C17H32N2. The first-order valence-electron chi connectivity index (χ1n) is 8.31. The van der Waals surface area contributed by atoms with Gasteiger partial charge in [-0.3, -0.25) is 4.90 Å². The normalized spacial score (nSPS) is 19.7. The van der Waals surface area contributed by atoms with E-state index in [2.05, 4.69) is 31.7 Å². The summed E-state index contributed by atoms with van der Waals surface area (Å²) in [4.78, 5) is 2.57. The summed E-state index contributed by atoms with van der Waals surface area (Å²) < 4.78 is 0. The first kappa shape index (κ1) is 16.5. The van der Waals surface area contributed by atoms with Crippen molar-refractivity contribution >= 4 is 0 Å². The number of nitriles is 1. The van der Waals surface area contributed by atoms with E-state index in [0.717, 1.165) is 13.1 Å². The Morgan fingerprint density at radius 1 is 1.00 bits per heavy atom. The molecule has 2 nitrogen and oxygen atoms in total. The van der Waals surface area contributed by atoms with Crippen molar-refractivity contribution in [1.82, 2.24) is 4.90 Å². The van der Waals surface area contributed by atoms with Crippen LogP contribution in [0.5, 0.6) is 0 Å². The smallest absolute Gasteiger partial charge is 0.0717 e. The second-order valence-electron chi connectivity index (χ2n) is 6.50. The van der Waals surface area contributed by atoms with Crippen LogP contribution in [0.1, 0.15) is 78.6 Å². The van der Waals surface area contributed by atoms with Gasteiger partial charge in [0, 0.05) is 18.6 Å². The highest BCUT2D eigenvalue weighted by Gasteiger charge is 2.39. The zero-order valence-electron chi connectivity index (χ0n) is 13.2. The third-order valence-electron chi connectivity index (χ3n) is 4.72. The van der Waals surface area contributed by atoms with Gasteiger partial charge in [0.25, 0.3) is 0 Å². The Labute approximate surface area is 120 Å². The fraction of sp³-hybridized carbons (Fsp3) is 0.941. The highest BCUT2D eigenvalue weighted by molar-refractivity contribution is 5.01. The van der Waals surface area contributed by atoms with Crippen LogP contribution in [0.25, 0.3) is 0 Å². The van der Waals surface area contributed by atoms with Crippen molar-refractivity contribution in [3.05, 3.63) is 0 Å². The van der Waals surface area contributed by atoms with E-state index >= 15 is 0 Å². The fourth-order valence-corrected chi connectivity index (χ4v) is 3.11. The third kappa shape index (κ3) is 5.15. The van der Waals surface area contributed by atoms with Crippen LogP contribution in [0.4, 0.5) is 0 Å². The Morgan fingerprint density at radius 3 is 2.16 bits per heavy atom. The van der Waals surface area contributed by atoms with Crippen LogP contribution in [0, 0.1) is 17.2 Å². The highest BCUT2D eigenvalue weighted by atomic mass is 15.2. The first-order chi connectivity index (χ1) is 9.16. The summed E-state index contributed by atoms with van der Waals surface area (Å²) in [6, 6.07) is 2.40. The van der Waals surface area contributed by atoms with E-state index < -0.39 is 0 Å². The molecule has 0 bridgehead atoms. The van der Waals surface area contributed by atoms with Gasteiger partial charge in [-0.15, -0.1) is 0 Å². The maximum atomic E-state index is 8.94. The van der Waals surface area contributed by atoms with Crippen molar-refractivity contribution in [2.75, 3.05) is 13.1 Å². The largest absolute Gasteiger partial charge is 0.295 e. The predicted molar refractivity (Wildman–Crippen MR) is 82.0 cm³/mol. The van der Waals surface area contributed by atoms with Gasteiger partial charge in [0.15, 0.2) is 0 Å². The molecule has 1 heterocycles. The predicted octanol–water partition coefficient (Wildman–Crippen LogP) is 4.75. The molecule has 0 aromatic carbocycles. The molecule has 0 aromatic rings. The van der Waals surface area contributed by atoms with Gasteiger partial charge in [-0.25, -0.2) is 0 Å². The minimum Gasteiger partial charge on any atom is -0.295 e. The summed E-state index contributed by atoms with van der Waals surface area (Å²) in [5.41, 5.74) is 0.357. The molecule has 1 aliphatic heterocycles. The molecule has 1 unspecified atom stereocenters. The Hall–Kier alpha value is -0.550. The quantitative estimate of drug-likeness (QED) is 0.532. The average Bonchev–Trinajstić information content (AvgIpc) is 2.35. The molecule has 0 aliphatic carbocycles. The molecule has 1 fully saturated rings. The summed E-state index contributed by atoms with van der Waals surface area (Å²) in [6.45, 7) is 8.98. The van der Waals surface area contributed by atoms with Crippen LogP contribution >= 0.6 is 0 Å². The first-order valence-corrected chi connectivity index (χ1v) is 8.31. The standard InChI is InChI=1S/C17H32N2/c1-4-6-8-9-10-12-17(3,11-7-5-2)19-14-16(13-18)15-19/h16H,4-12,14-15H2,1-3H3. The van der Waals surface area contributed by atoms with Gasteiger partial charge in [0.2, 0.25) is 0 Å². The Bertz CT molecular complexity index is 275. The number of nitrogens with zero attached hydrogens (tertiary/aromatic N) is 2. The monoisotopic (exact) mass is 264 g/mol. The molecule has 1 aliphatic rings. The highest BCUT2D eigenvalue weighted by Crippen LogP contribution is 2.34. The molecule has 1 saturated heterocycles. The van der Waals surface area contributed by atoms with Gasteiger partial charge in [-0.2, -0.15) is 5.26 Å². The van der Waals surface area contributed by atoms with Crippen molar-refractivity contribution in [3.8, 4) is 6.07 Å². The fourth-order valence-electron chi connectivity index (χ4n) is 3.11. The van der Waals surface area contributed by atoms with Gasteiger partial charge >= 0.3 is 0 Å². The van der Waals surface area contributed by atoms with E-state index in [1.54, 1.807) is 0 Å². The average molecular weight is 264 g/mol. The second kappa shape index (κ2) is 8.59. The zero-order valence-corrected chi connectivity index (χ0v) is 13.2. The molecule has 0 radical (unpaired) electrons. The summed E-state index contributed by atoms with van der Waals surface area (Å²) in [5.74, 6) is 0.293. The van der Waals surface area contributed by atoms with Crippen molar-refractivity contribution in [1.29, 1.82) is 5.26 Å². The topological polar surface area (TPSA) is 27.0 Å². The second-order valence-corrected chi connectivity index (χ2v) is 6.50. The van der Waals surface area contributed by atoms with Gasteiger partial charge in [-0.1, -0.05) is 58.8 Å². The molecule has 110 valence electrons. The number of rotatable bonds is 10. The van der Waals surface area contributed by atoms with Gasteiger partial charge in [0.05, 0.1) is 12.0 Å². The van der Waals surface area contributed by atoms with Crippen molar-refractivity contribution in [3.63, 3.8) is 0 Å². The molecule has 0 spiro atoms. The minimum absolute atomic E-state index is 0.293. The van der Waals surface area contributed by atoms with E-state index in [4.69, 9.17) is 5.26 Å². The Balaban J connectivity index is 2.35. The van der Waals surface area contributed by atoms with Gasteiger partial charge in [-0.05, 0) is 19.8 Å². The SMILES string of the molecule is CCCCCCCC(C)(CCCC)N1CC(C#N)C1. The van der Waals surface area contributed by atoms with E-state index in [-0.39, 0.29) is 0 Å². The van der Waals surface area contributed by atoms with Crippen LogP contribution in [-0.4, -0.2) is 23.5 Å². The van der Waals surface area contributed by atoms with Crippen molar-refractivity contribution in [2.45, 2.75) is 84.1 Å². The molecule has 0 N–H and O–H groups in total. The molecule has 0 aromatic heterocycles. The molecule has 0 saturated carbocycles. The summed E-state index contributed by atoms with van der Waals surface area (Å²) in [7, 11) is 0. The van der Waals surface area contributed by atoms with Crippen LogP contribution in [0.2, 0.25) is 0 Å². The number of hydrogen-bond acceptors (Lipinski definition) is 2.